The third-order valence-electron chi connectivity index (χ3n) is 8.98. The van der Waals surface area contributed by atoms with Crippen molar-refractivity contribution in [3.05, 3.63) is 0 Å². The van der Waals surface area contributed by atoms with E-state index in [0.717, 1.165) is 103 Å². The molecule has 2 aliphatic carbocycles. The summed E-state index contributed by atoms with van der Waals surface area (Å²) in [7, 11) is 0. The van der Waals surface area contributed by atoms with Crippen LogP contribution >= 0.6 is 0 Å². The van der Waals surface area contributed by atoms with Gasteiger partial charge >= 0.3 is 12.3 Å². The van der Waals surface area contributed by atoms with Gasteiger partial charge in [0.05, 0.1) is 13.2 Å². The van der Waals surface area contributed by atoms with Crippen molar-refractivity contribution in [2.75, 3.05) is 13.2 Å². The number of ether oxygens (including phenoxy) is 4. The molecule has 0 aromatic carbocycles. The molecule has 2 aliphatic rings. The van der Waals surface area contributed by atoms with Gasteiger partial charge in [0.2, 0.25) is 0 Å². The average Bonchev–Trinajstić information content (AvgIpc) is 2.96. The number of hydrogen-bond acceptors (Lipinski definition) is 6. The fraction of sp³-hybridized carbons (Fsp3) is 0.938. The lowest BCUT2D eigenvalue weighted by molar-refractivity contribution is -0.106. The molecule has 6 nitrogen and oxygen atoms in total. The fourth-order valence-corrected chi connectivity index (χ4v) is 6.25. The minimum atomic E-state index is -0.612. The molecule has 0 heterocycles. The van der Waals surface area contributed by atoms with Gasteiger partial charge in [0.1, 0.15) is 12.2 Å². The summed E-state index contributed by atoms with van der Waals surface area (Å²) in [6.07, 6.45) is 17.3. The Balaban J connectivity index is 2.11. The molecule has 4 atom stereocenters. The summed E-state index contributed by atoms with van der Waals surface area (Å²) in [6, 6.07) is 0. The van der Waals surface area contributed by atoms with Crippen LogP contribution in [0.25, 0.3) is 0 Å². The predicted molar refractivity (Wildman–Crippen MR) is 152 cm³/mol. The molecule has 6 heteroatoms. The Kier molecular flexibility index (Phi) is 16.9. The van der Waals surface area contributed by atoms with Crippen LogP contribution in [0.3, 0.4) is 0 Å². The van der Waals surface area contributed by atoms with E-state index in [1.54, 1.807) is 0 Å². The standard InChI is InChI=1S/C32H58O6/c1-5-9-17-25(7-3)23-35-31(33)37-29(27-19-13-11-14-20-27)30(28-21-15-12-16-22-28)38-32(34)36-24-26(8-4)18-10-6-2/h25-30H,5-24H2,1-4H3. The molecule has 0 N–H and O–H groups in total. The first-order valence-corrected chi connectivity index (χ1v) is 16.2. The van der Waals surface area contributed by atoms with Gasteiger partial charge in [-0.2, -0.15) is 0 Å². The number of carbonyl (C=O) groups excluding carboxylic acids is 2. The molecular weight excluding hydrogens is 480 g/mol. The van der Waals surface area contributed by atoms with Crippen LogP contribution in [0.15, 0.2) is 0 Å². The molecule has 0 spiro atoms. The van der Waals surface area contributed by atoms with Crippen LogP contribution in [0.4, 0.5) is 9.59 Å². The monoisotopic (exact) mass is 538 g/mol. The number of hydrogen-bond donors (Lipinski definition) is 0. The summed E-state index contributed by atoms with van der Waals surface area (Å²) in [4.78, 5) is 26.0. The molecule has 2 rings (SSSR count). The second kappa shape index (κ2) is 19.6. The fourth-order valence-electron chi connectivity index (χ4n) is 6.25. The van der Waals surface area contributed by atoms with Gasteiger partial charge < -0.3 is 18.9 Å². The van der Waals surface area contributed by atoms with Crippen molar-refractivity contribution in [1.29, 1.82) is 0 Å². The molecule has 0 bridgehead atoms. The molecule has 38 heavy (non-hydrogen) atoms. The Hall–Kier alpha value is -1.46. The van der Waals surface area contributed by atoms with Gasteiger partial charge in [0.15, 0.2) is 0 Å². The van der Waals surface area contributed by atoms with Crippen molar-refractivity contribution in [2.24, 2.45) is 23.7 Å². The normalized spacial score (nSPS) is 20.2. The van der Waals surface area contributed by atoms with E-state index in [2.05, 4.69) is 27.7 Å². The van der Waals surface area contributed by atoms with Crippen molar-refractivity contribution < 1.29 is 28.5 Å². The zero-order valence-electron chi connectivity index (χ0n) is 25.1. The maximum absolute atomic E-state index is 13.0. The van der Waals surface area contributed by atoms with Crippen molar-refractivity contribution in [3.8, 4) is 0 Å². The summed E-state index contributed by atoms with van der Waals surface area (Å²) in [6.45, 7) is 9.43. The van der Waals surface area contributed by atoms with Crippen LogP contribution in [0.5, 0.6) is 0 Å². The molecule has 0 aliphatic heterocycles. The van der Waals surface area contributed by atoms with E-state index in [9.17, 15) is 9.59 Å². The van der Waals surface area contributed by atoms with Crippen molar-refractivity contribution >= 4 is 12.3 Å². The Morgan fingerprint density at radius 1 is 0.605 bits per heavy atom. The first-order chi connectivity index (χ1) is 18.5. The Morgan fingerprint density at radius 3 is 1.29 bits per heavy atom. The van der Waals surface area contributed by atoms with Crippen molar-refractivity contribution in [3.63, 3.8) is 0 Å². The van der Waals surface area contributed by atoms with Crippen LogP contribution in [-0.4, -0.2) is 37.7 Å². The quantitative estimate of drug-likeness (QED) is 0.172. The highest BCUT2D eigenvalue weighted by Crippen LogP contribution is 2.37. The largest absolute Gasteiger partial charge is 0.508 e. The maximum Gasteiger partial charge on any atom is 0.508 e. The molecule has 0 saturated heterocycles. The lowest BCUT2D eigenvalue weighted by Crippen LogP contribution is -2.46. The van der Waals surface area contributed by atoms with Crippen LogP contribution in [0, 0.1) is 23.7 Å². The van der Waals surface area contributed by atoms with E-state index in [1.165, 1.54) is 12.8 Å². The van der Waals surface area contributed by atoms with E-state index in [-0.39, 0.29) is 11.8 Å². The zero-order chi connectivity index (χ0) is 27.6. The van der Waals surface area contributed by atoms with Gasteiger partial charge in [0, 0.05) is 0 Å². The average molecular weight is 539 g/mol. The number of carbonyl (C=O) groups is 2. The number of unbranched alkanes of at least 4 members (excludes halogenated alkanes) is 2. The van der Waals surface area contributed by atoms with Gasteiger partial charge in [-0.3, -0.25) is 0 Å². The Bertz CT molecular complexity index is 571. The van der Waals surface area contributed by atoms with E-state index < -0.39 is 24.5 Å². The first kappa shape index (κ1) is 32.8. The van der Waals surface area contributed by atoms with Crippen LogP contribution in [0.2, 0.25) is 0 Å². The molecule has 2 saturated carbocycles. The SMILES string of the molecule is CCCCC(CC)COC(=O)OC(C1CCCCC1)C(OC(=O)OCC(CC)CCCC)C1CCCCC1. The highest BCUT2D eigenvalue weighted by molar-refractivity contribution is 5.61. The van der Waals surface area contributed by atoms with Gasteiger partial charge in [-0.15, -0.1) is 0 Å². The zero-order valence-corrected chi connectivity index (χ0v) is 25.1. The minimum absolute atomic E-state index is 0.186. The molecule has 4 unspecified atom stereocenters. The Morgan fingerprint density at radius 2 is 0.974 bits per heavy atom. The van der Waals surface area contributed by atoms with Gasteiger partial charge in [-0.05, 0) is 62.2 Å². The maximum atomic E-state index is 13.0. The summed E-state index contributed by atoms with van der Waals surface area (Å²) in [5, 5.41) is 0. The second-order valence-electron chi connectivity index (χ2n) is 11.9. The van der Waals surface area contributed by atoms with Crippen LogP contribution in [0.1, 0.15) is 143 Å². The highest BCUT2D eigenvalue weighted by atomic mass is 16.8. The molecule has 0 aromatic heterocycles. The van der Waals surface area contributed by atoms with Crippen LogP contribution < -0.4 is 0 Å². The van der Waals surface area contributed by atoms with E-state index in [0.29, 0.717) is 25.0 Å². The Labute approximate surface area is 233 Å². The van der Waals surface area contributed by atoms with Gasteiger partial charge in [-0.25, -0.2) is 9.59 Å². The summed E-state index contributed by atoms with van der Waals surface area (Å²) in [5.74, 6) is 1.09. The lowest BCUT2D eigenvalue weighted by Gasteiger charge is -2.39. The van der Waals surface area contributed by atoms with E-state index in [1.807, 2.05) is 0 Å². The second-order valence-corrected chi connectivity index (χ2v) is 11.9. The molecule has 0 aromatic rings. The summed E-state index contributed by atoms with van der Waals surface area (Å²) >= 11 is 0. The third-order valence-corrected chi connectivity index (χ3v) is 8.98. The molecular formula is C32H58O6. The molecule has 2 fully saturated rings. The van der Waals surface area contributed by atoms with Crippen molar-refractivity contribution in [1.82, 2.24) is 0 Å². The van der Waals surface area contributed by atoms with Crippen molar-refractivity contribution in [2.45, 2.75) is 155 Å². The predicted octanol–water partition coefficient (Wildman–Crippen LogP) is 9.62. The first-order valence-electron chi connectivity index (χ1n) is 16.2. The van der Waals surface area contributed by atoms with Gasteiger partial charge in [0.25, 0.3) is 0 Å². The summed E-state index contributed by atoms with van der Waals surface area (Å²) < 4.78 is 23.5. The number of rotatable bonds is 17. The molecule has 0 amide bonds. The van der Waals surface area contributed by atoms with Gasteiger partial charge in [-0.1, -0.05) is 105 Å². The highest BCUT2D eigenvalue weighted by Gasteiger charge is 2.42. The third kappa shape index (κ3) is 12.2. The lowest BCUT2D eigenvalue weighted by atomic mass is 9.76. The molecule has 0 radical (unpaired) electrons. The minimum Gasteiger partial charge on any atom is -0.434 e. The topological polar surface area (TPSA) is 71.1 Å². The molecule has 222 valence electrons. The van der Waals surface area contributed by atoms with E-state index >= 15 is 0 Å². The van der Waals surface area contributed by atoms with Crippen LogP contribution in [-0.2, 0) is 18.9 Å². The summed E-state index contributed by atoms with van der Waals surface area (Å²) in [5.41, 5.74) is 0. The smallest absolute Gasteiger partial charge is 0.434 e. The van der Waals surface area contributed by atoms with E-state index in [4.69, 9.17) is 18.9 Å².